The molecule has 2 aromatic carbocycles. The van der Waals surface area contributed by atoms with Gasteiger partial charge in [0, 0.05) is 17.3 Å². The molecule has 1 aromatic heterocycles. The number of ether oxygens (including phenoxy) is 1. The maximum atomic E-state index is 13.0. The summed E-state index contributed by atoms with van der Waals surface area (Å²) in [6.07, 6.45) is 0. The molecule has 0 aliphatic rings. The molecular formula is C19H15Cl2FN4O2. The topological polar surface area (TPSA) is 76.1 Å². The zero-order valence-electron chi connectivity index (χ0n) is 14.5. The Morgan fingerprint density at radius 3 is 2.46 bits per heavy atom. The molecule has 28 heavy (non-hydrogen) atoms. The van der Waals surface area contributed by atoms with E-state index in [-0.39, 0.29) is 19.0 Å². The van der Waals surface area contributed by atoms with Gasteiger partial charge in [-0.05, 0) is 48.5 Å². The summed E-state index contributed by atoms with van der Waals surface area (Å²) >= 11 is 11.7. The number of urea groups is 1. The van der Waals surface area contributed by atoms with Crippen LogP contribution in [0.1, 0.15) is 0 Å². The van der Waals surface area contributed by atoms with Crippen molar-refractivity contribution in [3.05, 3.63) is 70.5 Å². The minimum atomic E-state index is -0.403. The van der Waals surface area contributed by atoms with Gasteiger partial charge < -0.3 is 15.4 Å². The van der Waals surface area contributed by atoms with Crippen molar-refractivity contribution in [2.24, 2.45) is 0 Å². The zero-order chi connectivity index (χ0) is 19.9. The van der Waals surface area contributed by atoms with E-state index in [1.807, 2.05) is 0 Å². The Kier molecular flexibility index (Phi) is 6.62. The second-order valence-electron chi connectivity index (χ2n) is 5.62. The van der Waals surface area contributed by atoms with Crippen molar-refractivity contribution in [2.75, 3.05) is 18.5 Å². The normalized spacial score (nSPS) is 10.4. The van der Waals surface area contributed by atoms with Gasteiger partial charge in [0.15, 0.2) is 0 Å². The molecule has 144 valence electrons. The van der Waals surface area contributed by atoms with Crippen LogP contribution in [-0.4, -0.2) is 29.4 Å². The molecule has 0 aliphatic heterocycles. The largest absolute Gasteiger partial charge is 0.475 e. The number of hydrogen-bond donors (Lipinski definition) is 2. The van der Waals surface area contributed by atoms with E-state index in [1.165, 1.54) is 12.1 Å². The van der Waals surface area contributed by atoms with Crippen molar-refractivity contribution in [3.8, 4) is 17.1 Å². The Hall–Kier alpha value is -2.90. The monoisotopic (exact) mass is 420 g/mol. The number of aromatic nitrogens is 2. The van der Waals surface area contributed by atoms with Crippen molar-refractivity contribution in [3.63, 3.8) is 0 Å². The van der Waals surface area contributed by atoms with Crippen LogP contribution in [0.2, 0.25) is 10.0 Å². The summed E-state index contributed by atoms with van der Waals surface area (Å²) in [6.45, 7) is 0.466. The van der Waals surface area contributed by atoms with Crippen LogP contribution < -0.4 is 15.4 Å². The molecule has 0 radical (unpaired) electrons. The quantitative estimate of drug-likeness (QED) is 0.562. The first-order valence-corrected chi connectivity index (χ1v) is 8.99. The summed E-state index contributed by atoms with van der Waals surface area (Å²) in [5.74, 6) is 0.00455. The summed E-state index contributed by atoms with van der Waals surface area (Å²) in [5.41, 5.74) is 1.88. The van der Waals surface area contributed by atoms with Gasteiger partial charge in [0.05, 0.1) is 22.3 Å². The van der Waals surface area contributed by atoms with E-state index in [9.17, 15) is 9.18 Å². The van der Waals surface area contributed by atoms with Crippen LogP contribution in [0.15, 0.2) is 54.6 Å². The van der Waals surface area contributed by atoms with E-state index in [2.05, 4.69) is 20.8 Å². The molecule has 0 bridgehead atoms. The molecule has 0 atom stereocenters. The fourth-order valence-corrected chi connectivity index (χ4v) is 2.54. The van der Waals surface area contributed by atoms with Gasteiger partial charge in [-0.1, -0.05) is 23.2 Å². The smallest absolute Gasteiger partial charge is 0.319 e. The maximum absolute atomic E-state index is 13.0. The molecule has 0 spiro atoms. The predicted octanol–water partition coefficient (Wildman–Crippen LogP) is 4.79. The Morgan fingerprint density at radius 2 is 1.79 bits per heavy atom. The standard InChI is InChI=1S/C19H15Cl2FN4O2/c20-15-6-5-14(11-16(15)21)24-19(27)23-9-10-28-18-8-7-17(25-26-18)12-1-3-13(22)4-2-12/h1-8,11H,9-10H2,(H2,23,24,27). The Labute approximate surface area is 170 Å². The van der Waals surface area contributed by atoms with Crippen LogP contribution in [0.3, 0.4) is 0 Å². The van der Waals surface area contributed by atoms with Gasteiger partial charge in [0.25, 0.3) is 0 Å². The van der Waals surface area contributed by atoms with Crippen molar-refractivity contribution in [1.29, 1.82) is 0 Å². The number of halogens is 3. The summed E-state index contributed by atoms with van der Waals surface area (Å²) in [5, 5.41) is 14.0. The number of hydrogen-bond acceptors (Lipinski definition) is 4. The number of carbonyl (C=O) groups is 1. The third-order valence-electron chi connectivity index (χ3n) is 3.60. The lowest BCUT2D eigenvalue weighted by Crippen LogP contribution is -2.32. The number of anilines is 1. The summed E-state index contributed by atoms with van der Waals surface area (Å²) < 4.78 is 18.4. The van der Waals surface area contributed by atoms with Gasteiger partial charge >= 0.3 is 6.03 Å². The fraction of sp³-hybridized carbons (Fsp3) is 0.105. The minimum Gasteiger partial charge on any atom is -0.475 e. The third kappa shape index (κ3) is 5.55. The third-order valence-corrected chi connectivity index (χ3v) is 4.33. The van der Waals surface area contributed by atoms with E-state index >= 15 is 0 Å². The minimum absolute atomic E-state index is 0.208. The summed E-state index contributed by atoms with van der Waals surface area (Å²) in [4.78, 5) is 11.8. The number of nitrogens with zero attached hydrogens (tertiary/aromatic N) is 2. The maximum Gasteiger partial charge on any atom is 0.319 e. The highest BCUT2D eigenvalue weighted by molar-refractivity contribution is 6.42. The van der Waals surface area contributed by atoms with Gasteiger partial charge in [-0.2, -0.15) is 0 Å². The zero-order valence-corrected chi connectivity index (χ0v) is 16.0. The molecule has 0 unspecified atom stereocenters. The van der Waals surface area contributed by atoms with Crippen molar-refractivity contribution < 1.29 is 13.9 Å². The lowest BCUT2D eigenvalue weighted by Gasteiger charge is -2.09. The average molecular weight is 421 g/mol. The first-order chi connectivity index (χ1) is 13.5. The second-order valence-corrected chi connectivity index (χ2v) is 6.44. The molecule has 2 amide bonds. The average Bonchev–Trinajstić information content (AvgIpc) is 2.69. The molecule has 6 nitrogen and oxygen atoms in total. The Morgan fingerprint density at radius 1 is 1.00 bits per heavy atom. The molecular weight excluding hydrogens is 406 g/mol. The van der Waals surface area contributed by atoms with Crippen LogP contribution in [0, 0.1) is 5.82 Å². The first-order valence-electron chi connectivity index (χ1n) is 8.23. The summed E-state index contributed by atoms with van der Waals surface area (Å²) in [7, 11) is 0. The predicted molar refractivity (Wildman–Crippen MR) is 106 cm³/mol. The molecule has 1 heterocycles. The van der Waals surface area contributed by atoms with Crippen LogP contribution in [0.4, 0.5) is 14.9 Å². The van der Waals surface area contributed by atoms with E-state index in [1.54, 1.807) is 42.5 Å². The molecule has 0 fully saturated rings. The van der Waals surface area contributed by atoms with Crippen molar-refractivity contribution in [1.82, 2.24) is 15.5 Å². The highest BCUT2D eigenvalue weighted by atomic mass is 35.5. The fourth-order valence-electron chi connectivity index (χ4n) is 2.24. The van der Waals surface area contributed by atoms with Crippen LogP contribution in [0.5, 0.6) is 5.88 Å². The number of benzene rings is 2. The molecule has 0 aliphatic carbocycles. The molecule has 0 saturated carbocycles. The highest BCUT2D eigenvalue weighted by Gasteiger charge is 2.05. The number of amides is 2. The number of rotatable bonds is 6. The van der Waals surface area contributed by atoms with E-state index in [4.69, 9.17) is 27.9 Å². The lowest BCUT2D eigenvalue weighted by atomic mass is 10.1. The van der Waals surface area contributed by atoms with Crippen LogP contribution in [-0.2, 0) is 0 Å². The van der Waals surface area contributed by atoms with Gasteiger partial charge in [0.2, 0.25) is 5.88 Å². The number of carbonyl (C=O) groups excluding carboxylic acids is 1. The molecule has 3 rings (SSSR count). The Balaban J connectivity index is 1.42. The van der Waals surface area contributed by atoms with Gasteiger partial charge in [-0.15, -0.1) is 10.2 Å². The van der Waals surface area contributed by atoms with Gasteiger partial charge in [0.1, 0.15) is 12.4 Å². The molecule has 2 N–H and O–H groups in total. The second kappa shape index (κ2) is 9.34. The molecule has 3 aromatic rings. The molecule has 9 heteroatoms. The van der Waals surface area contributed by atoms with Gasteiger partial charge in [-0.3, -0.25) is 0 Å². The Bertz CT molecular complexity index is 953. The van der Waals surface area contributed by atoms with Gasteiger partial charge in [-0.25, -0.2) is 9.18 Å². The molecule has 0 saturated heterocycles. The van der Waals surface area contributed by atoms with Crippen LogP contribution >= 0.6 is 23.2 Å². The van der Waals surface area contributed by atoms with Crippen LogP contribution in [0.25, 0.3) is 11.3 Å². The lowest BCUT2D eigenvalue weighted by molar-refractivity contribution is 0.246. The van der Waals surface area contributed by atoms with E-state index in [0.29, 0.717) is 27.3 Å². The van der Waals surface area contributed by atoms with E-state index in [0.717, 1.165) is 5.56 Å². The SMILES string of the molecule is O=C(NCCOc1ccc(-c2ccc(F)cc2)nn1)Nc1ccc(Cl)c(Cl)c1. The number of nitrogens with one attached hydrogen (secondary N) is 2. The summed E-state index contributed by atoms with van der Waals surface area (Å²) in [6, 6.07) is 13.7. The first kappa shape index (κ1) is 19.9. The van der Waals surface area contributed by atoms with Crippen molar-refractivity contribution >= 4 is 34.9 Å². The van der Waals surface area contributed by atoms with Crippen molar-refractivity contribution in [2.45, 2.75) is 0 Å². The van der Waals surface area contributed by atoms with E-state index < -0.39 is 6.03 Å². The highest BCUT2D eigenvalue weighted by Crippen LogP contribution is 2.24.